The van der Waals surface area contributed by atoms with Crippen LogP contribution < -0.4 is 20.5 Å². The molecule has 1 heterocycles. The molecule has 0 unspecified atom stereocenters. The Hall–Kier alpha value is -1.64. The van der Waals surface area contributed by atoms with Gasteiger partial charge in [0.05, 0.1) is 5.69 Å². The van der Waals surface area contributed by atoms with Gasteiger partial charge in [0.2, 0.25) is 5.91 Å². The fourth-order valence-electron chi connectivity index (χ4n) is 2.38. The lowest BCUT2D eigenvalue weighted by Gasteiger charge is -2.21. The molecular formula is C13H20N4O3S. The third kappa shape index (κ3) is 5.70. The van der Waals surface area contributed by atoms with Gasteiger partial charge >= 0.3 is 0 Å². The van der Waals surface area contributed by atoms with E-state index < -0.39 is 10.2 Å². The number of hydrogen-bond acceptors (Lipinski definition) is 4. The molecule has 1 saturated heterocycles. The molecule has 1 amide bonds. The minimum atomic E-state index is -3.81. The maximum atomic E-state index is 12.0. The van der Waals surface area contributed by atoms with Crippen molar-refractivity contribution in [1.29, 1.82) is 0 Å². The van der Waals surface area contributed by atoms with Crippen molar-refractivity contribution < 1.29 is 13.2 Å². The van der Waals surface area contributed by atoms with Gasteiger partial charge in [-0.05, 0) is 50.0 Å². The summed E-state index contributed by atoms with van der Waals surface area (Å²) >= 11 is 0. The zero-order valence-electron chi connectivity index (χ0n) is 11.6. The van der Waals surface area contributed by atoms with Gasteiger partial charge in [-0.25, -0.2) is 5.14 Å². The van der Waals surface area contributed by atoms with Crippen molar-refractivity contribution in [3.63, 3.8) is 0 Å². The van der Waals surface area contributed by atoms with E-state index in [1.807, 2.05) is 0 Å². The van der Waals surface area contributed by atoms with E-state index in [1.165, 1.54) is 6.07 Å². The van der Waals surface area contributed by atoms with Crippen LogP contribution in [0.3, 0.4) is 0 Å². The normalized spacial score (nSPS) is 16.4. The third-order valence-electron chi connectivity index (χ3n) is 3.34. The molecule has 21 heavy (non-hydrogen) atoms. The second-order valence-corrected chi connectivity index (χ2v) is 6.47. The van der Waals surface area contributed by atoms with E-state index in [-0.39, 0.29) is 5.91 Å². The van der Waals surface area contributed by atoms with Crippen molar-refractivity contribution in [2.75, 3.05) is 23.1 Å². The van der Waals surface area contributed by atoms with Crippen LogP contribution in [-0.2, 0) is 15.0 Å². The Morgan fingerprint density at radius 2 is 1.95 bits per heavy atom. The molecule has 0 aliphatic carbocycles. The monoisotopic (exact) mass is 312 g/mol. The molecule has 1 aliphatic heterocycles. The average molecular weight is 312 g/mol. The summed E-state index contributed by atoms with van der Waals surface area (Å²) < 4.78 is 24.1. The number of amides is 1. The topological polar surface area (TPSA) is 113 Å². The number of anilines is 2. The van der Waals surface area contributed by atoms with Crippen LogP contribution in [0.1, 0.15) is 19.3 Å². The number of nitrogens with one attached hydrogen (secondary N) is 3. The summed E-state index contributed by atoms with van der Waals surface area (Å²) in [5, 5.41) is 10.9. The van der Waals surface area contributed by atoms with Crippen molar-refractivity contribution in [1.82, 2.24) is 5.32 Å². The van der Waals surface area contributed by atoms with Gasteiger partial charge in [0.15, 0.2) is 0 Å². The van der Waals surface area contributed by atoms with Crippen LogP contribution >= 0.6 is 0 Å². The summed E-state index contributed by atoms with van der Waals surface area (Å²) in [5.41, 5.74) is 0.861. The highest BCUT2D eigenvalue weighted by molar-refractivity contribution is 7.90. The highest BCUT2D eigenvalue weighted by Crippen LogP contribution is 2.19. The lowest BCUT2D eigenvalue weighted by atomic mass is 9.94. The van der Waals surface area contributed by atoms with Gasteiger partial charge in [-0.15, -0.1) is 0 Å². The number of nitrogens with two attached hydrogens (primary N) is 1. The first-order valence-electron chi connectivity index (χ1n) is 6.83. The third-order valence-corrected chi connectivity index (χ3v) is 3.86. The number of benzene rings is 1. The summed E-state index contributed by atoms with van der Waals surface area (Å²) in [6.45, 7) is 1.90. The maximum Gasteiger partial charge on any atom is 0.296 e. The predicted molar refractivity (Wildman–Crippen MR) is 82.0 cm³/mol. The maximum absolute atomic E-state index is 12.0. The second-order valence-electron chi connectivity index (χ2n) is 5.17. The molecule has 1 aliphatic rings. The Bertz CT molecular complexity index is 597. The molecule has 8 heteroatoms. The lowest BCUT2D eigenvalue weighted by molar-refractivity contribution is -0.117. The summed E-state index contributed by atoms with van der Waals surface area (Å²) in [5.74, 6) is 0.339. The van der Waals surface area contributed by atoms with E-state index in [0.717, 1.165) is 25.9 Å². The standard InChI is InChI=1S/C13H20N4O3S/c14-21(19,20)17-12-3-1-2-11(9-12)16-13(18)8-10-4-6-15-7-5-10/h1-3,9-10,15,17H,4-8H2,(H,16,18)(H2,14,19,20). The smallest absolute Gasteiger partial charge is 0.296 e. The van der Waals surface area contributed by atoms with Gasteiger partial charge in [0, 0.05) is 12.1 Å². The first-order valence-corrected chi connectivity index (χ1v) is 8.38. The fourth-order valence-corrected chi connectivity index (χ4v) is 2.84. The number of rotatable bonds is 5. The molecular weight excluding hydrogens is 292 g/mol. The summed E-state index contributed by atoms with van der Waals surface area (Å²) in [4.78, 5) is 12.0. The number of carbonyl (C=O) groups excluding carboxylic acids is 1. The van der Waals surface area contributed by atoms with Gasteiger partial charge < -0.3 is 10.6 Å². The first-order chi connectivity index (χ1) is 9.92. The van der Waals surface area contributed by atoms with Crippen molar-refractivity contribution in [2.45, 2.75) is 19.3 Å². The van der Waals surface area contributed by atoms with E-state index in [0.29, 0.717) is 23.7 Å². The molecule has 1 fully saturated rings. The number of piperidine rings is 1. The molecule has 0 aromatic heterocycles. The Morgan fingerprint density at radius 3 is 2.62 bits per heavy atom. The SMILES string of the molecule is NS(=O)(=O)Nc1cccc(NC(=O)CC2CCNCC2)c1. The van der Waals surface area contributed by atoms with Crippen molar-refractivity contribution in [2.24, 2.45) is 11.1 Å². The van der Waals surface area contributed by atoms with E-state index in [1.54, 1.807) is 18.2 Å². The van der Waals surface area contributed by atoms with Crippen LogP contribution in [0.4, 0.5) is 11.4 Å². The van der Waals surface area contributed by atoms with Crippen molar-refractivity contribution in [3.05, 3.63) is 24.3 Å². The molecule has 0 spiro atoms. The Kier molecular flexibility index (Phi) is 5.16. The van der Waals surface area contributed by atoms with Gasteiger partial charge in [-0.2, -0.15) is 8.42 Å². The first kappa shape index (κ1) is 15.7. The molecule has 0 bridgehead atoms. The Labute approximate surface area is 124 Å². The molecule has 5 N–H and O–H groups in total. The Balaban J connectivity index is 1.92. The highest BCUT2D eigenvalue weighted by Gasteiger charge is 2.16. The Morgan fingerprint density at radius 1 is 1.29 bits per heavy atom. The minimum Gasteiger partial charge on any atom is -0.326 e. The zero-order chi connectivity index (χ0) is 15.3. The van der Waals surface area contributed by atoms with Crippen molar-refractivity contribution >= 4 is 27.5 Å². The van der Waals surface area contributed by atoms with Gasteiger partial charge in [0.1, 0.15) is 0 Å². The van der Waals surface area contributed by atoms with Crippen molar-refractivity contribution in [3.8, 4) is 0 Å². The van der Waals surface area contributed by atoms with E-state index in [2.05, 4.69) is 15.4 Å². The van der Waals surface area contributed by atoms with Gasteiger partial charge in [-0.1, -0.05) is 6.07 Å². The number of carbonyl (C=O) groups is 1. The van der Waals surface area contributed by atoms with Gasteiger partial charge in [0.25, 0.3) is 10.2 Å². The molecule has 0 atom stereocenters. The largest absolute Gasteiger partial charge is 0.326 e. The number of hydrogen-bond donors (Lipinski definition) is 4. The van der Waals surface area contributed by atoms with E-state index in [4.69, 9.17) is 5.14 Å². The second kappa shape index (κ2) is 6.88. The molecule has 0 radical (unpaired) electrons. The molecule has 7 nitrogen and oxygen atoms in total. The highest BCUT2D eigenvalue weighted by atomic mass is 32.2. The molecule has 2 rings (SSSR count). The lowest BCUT2D eigenvalue weighted by Crippen LogP contribution is -2.30. The van der Waals surface area contributed by atoms with Crippen LogP contribution in [0.25, 0.3) is 0 Å². The van der Waals surface area contributed by atoms with Gasteiger partial charge in [-0.3, -0.25) is 9.52 Å². The summed E-state index contributed by atoms with van der Waals surface area (Å²) in [7, 11) is -3.81. The summed E-state index contributed by atoms with van der Waals surface area (Å²) in [6, 6.07) is 6.44. The van der Waals surface area contributed by atoms with Crippen LogP contribution in [0.2, 0.25) is 0 Å². The van der Waals surface area contributed by atoms with Crippen LogP contribution in [-0.4, -0.2) is 27.4 Å². The predicted octanol–water partition coefficient (Wildman–Crippen LogP) is 0.630. The quantitative estimate of drug-likeness (QED) is 0.638. The summed E-state index contributed by atoms with van der Waals surface area (Å²) in [6.07, 6.45) is 2.48. The fraction of sp³-hybridized carbons (Fsp3) is 0.462. The minimum absolute atomic E-state index is 0.0605. The van der Waals surface area contributed by atoms with E-state index >= 15 is 0 Å². The van der Waals surface area contributed by atoms with Crippen LogP contribution in [0.15, 0.2) is 24.3 Å². The molecule has 116 valence electrons. The zero-order valence-corrected chi connectivity index (χ0v) is 12.4. The average Bonchev–Trinajstić information content (AvgIpc) is 2.38. The molecule has 1 aromatic rings. The van der Waals surface area contributed by atoms with Crippen LogP contribution in [0.5, 0.6) is 0 Å². The van der Waals surface area contributed by atoms with E-state index in [9.17, 15) is 13.2 Å². The molecule has 1 aromatic carbocycles. The van der Waals surface area contributed by atoms with Crippen LogP contribution in [0, 0.1) is 5.92 Å². The molecule has 0 saturated carbocycles.